The fourth-order valence-corrected chi connectivity index (χ4v) is 3.28. The Morgan fingerprint density at radius 3 is 2.57 bits per heavy atom. The predicted molar refractivity (Wildman–Crippen MR) is 84.1 cm³/mol. The zero-order chi connectivity index (χ0) is 16.4. The maximum absolute atomic E-state index is 13.7. The van der Waals surface area contributed by atoms with Crippen LogP contribution >= 0.6 is 0 Å². The Kier molecular flexibility index (Phi) is 4.48. The van der Waals surface area contributed by atoms with Gasteiger partial charge in [0, 0.05) is 38.4 Å². The number of hydrogen-bond donors (Lipinski definition) is 2. The van der Waals surface area contributed by atoms with Crippen molar-refractivity contribution in [2.45, 2.75) is 24.5 Å². The van der Waals surface area contributed by atoms with Crippen molar-refractivity contribution in [3.05, 3.63) is 53.6 Å². The third-order valence-corrected chi connectivity index (χ3v) is 4.68. The Labute approximate surface area is 135 Å². The number of β-amino-alcohol motifs (C(OH)–C–C–N with tert-alkyl or cyclic N) is 1. The predicted octanol–water partition coefficient (Wildman–Crippen LogP) is 1.58. The third kappa shape index (κ3) is 3.29. The Balaban J connectivity index is 1.61. The zero-order valence-corrected chi connectivity index (χ0v) is 13.2. The fourth-order valence-electron chi connectivity index (χ4n) is 3.28. The Bertz CT molecular complexity index is 665. The number of benzene rings is 1. The van der Waals surface area contributed by atoms with E-state index >= 15 is 0 Å². The Morgan fingerprint density at radius 1 is 1.26 bits per heavy atom. The van der Waals surface area contributed by atoms with Crippen LogP contribution < -0.4 is 0 Å². The molecule has 1 fully saturated rings. The summed E-state index contributed by atoms with van der Waals surface area (Å²) in [6, 6.07) is 8.13. The summed E-state index contributed by atoms with van der Waals surface area (Å²) < 4.78 is 15.4. The number of nitrogens with zero attached hydrogens (tertiary/aromatic N) is 3. The van der Waals surface area contributed by atoms with Gasteiger partial charge < -0.3 is 15.1 Å². The lowest BCUT2D eigenvalue weighted by molar-refractivity contribution is -0.0401. The van der Waals surface area contributed by atoms with Crippen molar-refractivity contribution in [1.29, 1.82) is 0 Å². The summed E-state index contributed by atoms with van der Waals surface area (Å²) in [5.74, 6) is -0.386. The van der Waals surface area contributed by atoms with E-state index in [0.717, 1.165) is 5.69 Å². The summed E-state index contributed by atoms with van der Waals surface area (Å²) in [4.78, 5) is 2.06. The molecule has 23 heavy (non-hydrogen) atoms. The molecular formula is C17H22FN3O2. The molecule has 1 aromatic carbocycles. The molecule has 2 N–H and O–H groups in total. The van der Waals surface area contributed by atoms with Crippen LogP contribution in [-0.4, -0.2) is 44.5 Å². The molecule has 1 aliphatic heterocycles. The fraction of sp³-hybridized carbons (Fsp3) is 0.471. The first kappa shape index (κ1) is 16.1. The van der Waals surface area contributed by atoms with Crippen molar-refractivity contribution in [2.75, 3.05) is 19.6 Å². The normalized spacial score (nSPS) is 19.7. The molecular weight excluding hydrogens is 297 g/mol. The van der Waals surface area contributed by atoms with Gasteiger partial charge in [-0.3, -0.25) is 4.68 Å². The van der Waals surface area contributed by atoms with Crippen LogP contribution in [0.4, 0.5) is 4.39 Å². The SMILES string of the molecule is Cn1nccc1C1(O)CCN(CC(O)c2ccccc2F)CC1. The molecule has 0 spiro atoms. The van der Waals surface area contributed by atoms with Gasteiger partial charge in [0.2, 0.25) is 0 Å². The lowest BCUT2D eigenvalue weighted by Crippen LogP contribution is -2.44. The van der Waals surface area contributed by atoms with Gasteiger partial charge in [-0.2, -0.15) is 5.10 Å². The molecule has 0 amide bonds. The highest BCUT2D eigenvalue weighted by Crippen LogP contribution is 2.33. The number of rotatable bonds is 4. The van der Waals surface area contributed by atoms with Gasteiger partial charge in [-0.25, -0.2) is 4.39 Å². The minimum Gasteiger partial charge on any atom is -0.387 e. The van der Waals surface area contributed by atoms with Crippen molar-refractivity contribution in [3.8, 4) is 0 Å². The van der Waals surface area contributed by atoms with E-state index in [1.165, 1.54) is 6.07 Å². The number of hydrogen-bond acceptors (Lipinski definition) is 4. The van der Waals surface area contributed by atoms with E-state index in [-0.39, 0.29) is 5.82 Å². The molecule has 124 valence electrons. The lowest BCUT2D eigenvalue weighted by Gasteiger charge is -2.38. The van der Waals surface area contributed by atoms with Crippen LogP contribution in [0.1, 0.15) is 30.2 Å². The second kappa shape index (κ2) is 6.39. The molecule has 2 heterocycles. The summed E-state index contributed by atoms with van der Waals surface area (Å²) >= 11 is 0. The van der Waals surface area contributed by atoms with Gasteiger partial charge in [0.05, 0.1) is 11.8 Å². The van der Waals surface area contributed by atoms with Gasteiger partial charge in [-0.15, -0.1) is 0 Å². The van der Waals surface area contributed by atoms with Crippen molar-refractivity contribution in [2.24, 2.45) is 7.05 Å². The molecule has 1 unspecified atom stereocenters. The summed E-state index contributed by atoms with van der Waals surface area (Å²) in [6.07, 6.45) is 1.95. The number of halogens is 1. The first-order valence-electron chi connectivity index (χ1n) is 7.85. The van der Waals surface area contributed by atoms with Crippen LogP contribution in [0, 0.1) is 5.82 Å². The molecule has 5 nitrogen and oxygen atoms in total. The summed E-state index contributed by atoms with van der Waals surface area (Å²) in [7, 11) is 1.82. The maximum Gasteiger partial charge on any atom is 0.129 e. The average Bonchev–Trinajstić information content (AvgIpc) is 2.97. The van der Waals surface area contributed by atoms with Gasteiger partial charge in [0.25, 0.3) is 0 Å². The second-order valence-corrected chi connectivity index (χ2v) is 6.21. The molecule has 6 heteroatoms. The quantitative estimate of drug-likeness (QED) is 0.898. The van der Waals surface area contributed by atoms with E-state index in [4.69, 9.17) is 0 Å². The number of likely N-dealkylation sites (tertiary alicyclic amines) is 1. The lowest BCUT2D eigenvalue weighted by atomic mass is 9.88. The summed E-state index contributed by atoms with van der Waals surface area (Å²) in [5, 5.41) is 25.2. The van der Waals surface area contributed by atoms with Crippen LogP contribution in [0.2, 0.25) is 0 Å². The molecule has 0 bridgehead atoms. The molecule has 1 aromatic heterocycles. The van der Waals surface area contributed by atoms with Crippen molar-refractivity contribution >= 4 is 0 Å². The number of piperidine rings is 1. The molecule has 1 saturated heterocycles. The van der Waals surface area contributed by atoms with Gasteiger partial charge in [0.15, 0.2) is 0 Å². The van der Waals surface area contributed by atoms with E-state index < -0.39 is 11.7 Å². The number of aromatic nitrogens is 2. The zero-order valence-electron chi connectivity index (χ0n) is 13.2. The average molecular weight is 319 g/mol. The highest BCUT2D eigenvalue weighted by atomic mass is 19.1. The van der Waals surface area contributed by atoms with Crippen molar-refractivity contribution in [1.82, 2.24) is 14.7 Å². The van der Waals surface area contributed by atoms with Gasteiger partial charge >= 0.3 is 0 Å². The van der Waals surface area contributed by atoms with Crippen molar-refractivity contribution in [3.63, 3.8) is 0 Å². The molecule has 1 aliphatic rings. The molecule has 0 saturated carbocycles. The Morgan fingerprint density at radius 2 is 1.96 bits per heavy atom. The largest absolute Gasteiger partial charge is 0.387 e. The van der Waals surface area contributed by atoms with Crippen LogP contribution in [0.5, 0.6) is 0 Å². The Hall–Kier alpha value is -1.76. The number of aliphatic hydroxyl groups excluding tert-OH is 1. The highest BCUT2D eigenvalue weighted by molar-refractivity contribution is 5.20. The van der Waals surface area contributed by atoms with Crippen LogP contribution in [0.25, 0.3) is 0 Å². The van der Waals surface area contributed by atoms with E-state index in [1.54, 1.807) is 29.1 Å². The highest BCUT2D eigenvalue weighted by Gasteiger charge is 2.36. The molecule has 0 aliphatic carbocycles. The first-order chi connectivity index (χ1) is 11.0. The van der Waals surface area contributed by atoms with Gasteiger partial charge in [0.1, 0.15) is 11.4 Å². The van der Waals surface area contributed by atoms with Crippen LogP contribution in [0.15, 0.2) is 36.5 Å². The minimum atomic E-state index is -0.884. The van der Waals surface area contributed by atoms with Crippen LogP contribution in [0.3, 0.4) is 0 Å². The molecule has 0 radical (unpaired) electrons. The van der Waals surface area contributed by atoms with E-state index in [1.807, 2.05) is 13.1 Å². The van der Waals surface area contributed by atoms with E-state index in [0.29, 0.717) is 38.0 Å². The van der Waals surface area contributed by atoms with Crippen LogP contribution in [-0.2, 0) is 12.6 Å². The first-order valence-corrected chi connectivity index (χ1v) is 7.85. The standard InChI is InChI=1S/C17H22FN3O2/c1-20-16(6-9-19-20)17(23)7-10-21(11-8-17)12-15(22)13-4-2-3-5-14(13)18/h2-6,9,15,22-23H,7-8,10-12H2,1H3. The van der Waals surface area contributed by atoms with E-state index in [2.05, 4.69) is 10.00 Å². The van der Waals surface area contributed by atoms with E-state index in [9.17, 15) is 14.6 Å². The van der Waals surface area contributed by atoms with Gasteiger partial charge in [-0.05, 0) is 25.0 Å². The smallest absolute Gasteiger partial charge is 0.129 e. The summed E-state index contributed by atoms with van der Waals surface area (Å²) in [5.41, 5.74) is 0.247. The molecule has 2 aromatic rings. The topological polar surface area (TPSA) is 61.5 Å². The monoisotopic (exact) mass is 319 g/mol. The number of aryl methyl sites for hydroxylation is 1. The molecule has 3 rings (SSSR count). The summed E-state index contributed by atoms with van der Waals surface area (Å²) in [6.45, 7) is 1.66. The molecule has 1 atom stereocenters. The van der Waals surface area contributed by atoms with Crippen molar-refractivity contribution < 1.29 is 14.6 Å². The maximum atomic E-state index is 13.7. The minimum absolute atomic E-state index is 0.319. The third-order valence-electron chi connectivity index (χ3n) is 4.68. The second-order valence-electron chi connectivity index (χ2n) is 6.21. The number of aliphatic hydroxyl groups is 2. The van der Waals surface area contributed by atoms with Gasteiger partial charge in [-0.1, -0.05) is 18.2 Å².